The Morgan fingerprint density at radius 1 is 1.30 bits per heavy atom. The highest BCUT2D eigenvalue weighted by atomic mass is 35.5. The normalized spacial score (nSPS) is 18.1. The van der Waals surface area contributed by atoms with Crippen LogP contribution in [0.4, 0.5) is 14.9 Å². The highest BCUT2D eigenvalue weighted by Crippen LogP contribution is 2.37. The van der Waals surface area contributed by atoms with Crippen LogP contribution in [0.2, 0.25) is 5.22 Å². The molecule has 6 nitrogen and oxygen atoms in total. The third-order valence-electron chi connectivity index (χ3n) is 5.23. The summed E-state index contributed by atoms with van der Waals surface area (Å²) in [5.74, 6) is 0.116. The number of rotatable bonds is 2. The smallest absolute Gasteiger partial charge is 0.317 e. The summed E-state index contributed by atoms with van der Waals surface area (Å²) in [5.41, 5.74) is 0.686. The minimum absolute atomic E-state index is 0.0594. The molecule has 142 valence electrons. The van der Waals surface area contributed by atoms with Crippen LogP contribution in [-0.2, 0) is 6.54 Å². The van der Waals surface area contributed by atoms with E-state index in [4.69, 9.17) is 16.0 Å². The van der Waals surface area contributed by atoms with E-state index in [2.05, 4.69) is 10.6 Å². The van der Waals surface area contributed by atoms with Crippen LogP contribution in [0.3, 0.4) is 0 Å². The molecule has 0 atom stereocenters. The van der Waals surface area contributed by atoms with E-state index < -0.39 is 5.82 Å². The van der Waals surface area contributed by atoms with Gasteiger partial charge in [0.1, 0.15) is 11.6 Å². The summed E-state index contributed by atoms with van der Waals surface area (Å²) in [6.45, 7) is 1.33. The van der Waals surface area contributed by atoms with Crippen molar-refractivity contribution >= 4 is 29.1 Å². The molecule has 2 aromatic rings. The number of ketones is 1. The number of Topliss-reactive ketones (excluding diaryl/α,β-unsaturated/α-hetero) is 1. The second-order valence-electron chi connectivity index (χ2n) is 7.05. The van der Waals surface area contributed by atoms with Crippen molar-refractivity contribution in [1.82, 2.24) is 10.2 Å². The summed E-state index contributed by atoms with van der Waals surface area (Å²) in [4.78, 5) is 26.6. The van der Waals surface area contributed by atoms with Crippen molar-refractivity contribution in [2.24, 2.45) is 0 Å². The first kappa shape index (κ1) is 17.9. The molecule has 2 aliphatic rings. The largest absolute Gasteiger partial charge is 0.448 e. The first-order valence-electron chi connectivity index (χ1n) is 8.82. The van der Waals surface area contributed by atoms with Crippen molar-refractivity contribution in [2.45, 2.75) is 31.3 Å². The zero-order chi connectivity index (χ0) is 19.0. The van der Waals surface area contributed by atoms with Crippen molar-refractivity contribution in [3.63, 3.8) is 0 Å². The number of furan rings is 1. The second-order valence-corrected chi connectivity index (χ2v) is 7.42. The quantitative estimate of drug-likeness (QED) is 0.816. The molecule has 0 aliphatic carbocycles. The van der Waals surface area contributed by atoms with Crippen LogP contribution in [0.15, 0.2) is 34.7 Å². The topological polar surface area (TPSA) is 74.6 Å². The van der Waals surface area contributed by atoms with Gasteiger partial charge in [0, 0.05) is 36.3 Å². The summed E-state index contributed by atoms with van der Waals surface area (Å²) >= 11 is 5.72. The molecule has 1 spiro atoms. The summed E-state index contributed by atoms with van der Waals surface area (Å²) in [6, 6.07) is 7.40. The number of benzene rings is 1. The van der Waals surface area contributed by atoms with E-state index in [9.17, 15) is 14.0 Å². The highest BCUT2D eigenvalue weighted by Gasteiger charge is 2.41. The number of nitrogens with zero attached hydrogens (tertiary/aromatic N) is 1. The number of halogens is 2. The van der Waals surface area contributed by atoms with Crippen LogP contribution in [0.5, 0.6) is 0 Å². The maximum absolute atomic E-state index is 13.4. The molecule has 0 bridgehead atoms. The first-order chi connectivity index (χ1) is 12.9. The predicted molar refractivity (Wildman–Crippen MR) is 98.5 cm³/mol. The molecule has 8 heteroatoms. The second kappa shape index (κ2) is 6.88. The summed E-state index contributed by atoms with van der Waals surface area (Å²) in [5, 5.41) is 6.51. The van der Waals surface area contributed by atoms with Crippen molar-refractivity contribution in [3.05, 3.63) is 52.7 Å². The fourth-order valence-electron chi connectivity index (χ4n) is 3.75. The molecule has 1 aromatic heterocycles. The lowest BCUT2D eigenvalue weighted by molar-refractivity contribution is 0.0915. The summed E-state index contributed by atoms with van der Waals surface area (Å²) in [6.07, 6.45) is 1.61. The molecule has 1 aromatic carbocycles. The van der Waals surface area contributed by atoms with Crippen molar-refractivity contribution < 1.29 is 18.4 Å². The first-order valence-corrected chi connectivity index (χ1v) is 9.20. The van der Waals surface area contributed by atoms with E-state index in [0.29, 0.717) is 49.4 Å². The fraction of sp³-hybridized carbons (Fsp3) is 0.368. The van der Waals surface area contributed by atoms with Gasteiger partial charge in [0.05, 0.1) is 6.54 Å². The minimum atomic E-state index is -0.413. The van der Waals surface area contributed by atoms with E-state index in [-0.39, 0.29) is 29.1 Å². The molecular formula is C19H19ClFN3O3. The molecule has 2 N–H and O–H groups in total. The van der Waals surface area contributed by atoms with E-state index in [1.165, 1.54) is 12.1 Å². The monoisotopic (exact) mass is 391 g/mol. The molecule has 2 aliphatic heterocycles. The number of hydrogen-bond acceptors (Lipinski definition) is 4. The number of hydrogen-bond donors (Lipinski definition) is 2. The van der Waals surface area contributed by atoms with Gasteiger partial charge >= 0.3 is 6.03 Å². The number of fused-ring (bicyclic) bond motifs is 1. The fourth-order valence-corrected chi connectivity index (χ4v) is 3.91. The Balaban J connectivity index is 1.36. The highest BCUT2D eigenvalue weighted by molar-refractivity contribution is 6.28. The molecule has 4 rings (SSSR count). The van der Waals surface area contributed by atoms with Gasteiger partial charge in [-0.2, -0.15) is 0 Å². The van der Waals surface area contributed by atoms with Crippen molar-refractivity contribution in [2.75, 3.05) is 18.4 Å². The van der Waals surface area contributed by atoms with E-state index in [0.717, 1.165) is 0 Å². The van der Waals surface area contributed by atoms with Crippen LogP contribution in [-0.4, -0.2) is 35.3 Å². The minimum Gasteiger partial charge on any atom is -0.448 e. The Kier molecular flexibility index (Phi) is 4.55. The predicted octanol–water partition coefficient (Wildman–Crippen LogP) is 3.81. The molecule has 3 heterocycles. The molecule has 1 saturated heterocycles. The number of piperidine rings is 1. The average Bonchev–Trinajstić information content (AvgIpc) is 3.06. The van der Waals surface area contributed by atoms with Gasteiger partial charge in [-0.05, 0) is 54.8 Å². The van der Waals surface area contributed by atoms with E-state index in [1.54, 1.807) is 23.1 Å². The molecular weight excluding hydrogens is 373 g/mol. The van der Waals surface area contributed by atoms with Crippen LogP contribution in [0.1, 0.15) is 35.4 Å². The summed E-state index contributed by atoms with van der Waals surface area (Å²) in [7, 11) is 0. The van der Waals surface area contributed by atoms with Crippen LogP contribution in [0, 0.1) is 5.82 Å². The SMILES string of the molecule is O=C1CC2(CCN(C(=O)NCc3ccc(Cl)o3)CC2)Nc2ccc(F)cc21. The molecule has 0 saturated carbocycles. The third-order valence-corrected chi connectivity index (χ3v) is 5.43. The molecule has 0 unspecified atom stereocenters. The zero-order valence-corrected chi connectivity index (χ0v) is 15.3. The number of carbonyl (C=O) groups excluding carboxylic acids is 2. The Bertz CT molecular complexity index is 890. The zero-order valence-electron chi connectivity index (χ0n) is 14.6. The van der Waals surface area contributed by atoms with Gasteiger partial charge < -0.3 is 20.0 Å². The number of carbonyl (C=O) groups is 2. The van der Waals surface area contributed by atoms with Gasteiger partial charge in [0.2, 0.25) is 0 Å². The molecule has 1 fully saturated rings. The van der Waals surface area contributed by atoms with Crippen LogP contribution < -0.4 is 10.6 Å². The number of likely N-dealkylation sites (tertiary alicyclic amines) is 1. The van der Waals surface area contributed by atoms with Gasteiger partial charge in [-0.25, -0.2) is 9.18 Å². The number of urea groups is 1. The van der Waals surface area contributed by atoms with Gasteiger partial charge in [0.15, 0.2) is 11.0 Å². The number of nitrogens with one attached hydrogen (secondary N) is 2. The lowest BCUT2D eigenvalue weighted by atomic mass is 9.78. The standard InChI is InChI=1S/C19H19ClFN3O3/c20-17-4-2-13(27-17)11-22-18(26)24-7-5-19(6-8-24)10-16(25)14-9-12(21)1-3-15(14)23-19/h1-4,9,23H,5-8,10-11H2,(H,22,26). The maximum atomic E-state index is 13.4. The Morgan fingerprint density at radius 2 is 2.07 bits per heavy atom. The van der Waals surface area contributed by atoms with Gasteiger partial charge in [-0.3, -0.25) is 4.79 Å². The van der Waals surface area contributed by atoms with Crippen molar-refractivity contribution in [3.8, 4) is 0 Å². The maximum Gasteiger partial charge on any atom is 0.317 e. The number of amides is 2. The van der Waals surface area contributed by atoms with E-state index >= 15 is 0 Å². The third kappa shape index (κ3) is 3.64. The Labute approximate surface area is 160 Å². The lowest BCUT2D eigenvalue weighted by Gasteiger charge is -2.45. The van der Waals surface area contributed by atoms with Gasteiger partial charge in [-0.15, -0.1) is 0 Å². The van der Waals surface area contributed by atoms with E-state index in [1.807, 2.05) is 0 Å². The van der Waals surface area contributed by atoms with Crippen molar-refractivity contribution in [1.29, 1.82) is 0 Å². The molecule has 27 heavy (non-hydrogen) atoms. The van der Waals surface area contributed by atoms with Gasteiger partial charge in [0.25, 0.3) is 0 Å². The summed E-state index contributed by atoms with van der Waals surface area (Å²) < 4.78 is 18.6. The molecule has 0 radical (unpaired) electrons. The Morgan fingerprint density at radius 3 is 2.78 bits per heavy atom. The van der Waals surface area contributed by atoms with Crippen LogP contribution in [0.25, 0.3) is 0 Å². The van der Waals surface area contributed by atoms with Crippen LogP contribution >= 0.6 is 11.6 Å². The Hall–Kier alpha value is -2.54. The average molecular weight is 392 g/mol. The molecule has 2 amide bonds. The lowest BCUT2D eigenvalue weighted by Crippen LogP contribution is -2.55. The van der Waals surface area contributed by atoms with Gasteiger partial charge in [-0.1, -0.05) is 0 Å². The number of anilines is 1.